The number of rotatable bonds is 16. The van der Waals surface area contributed by atoms with E-state index in [9.17, 15) is 19.8 Å². The summed E-state index contributed by atoms with van der Waals surface area (Å²) in [6.45, 7) is 22.1. The standard InChI is InChI=1S/C36H50N6O4S.C27H43N7O/c1-23(2)33(31-20-32(39-46-31)41-18-11-26(12-19-41)21-40-16-13-29(43)14-17-40)36(45)42-15-5-6-30(42)35(44)38-24(3)27-7-9-28(10-8-27)34-25(4)37-22-47-34;1-31-13-14-34(24(26(29)30)15-23(28)22-7-2-3-8-25(22)35)19-27(31)17-32(18-27)16-20-9-11-33(12-10-20)21-5-4-6-21/h7-10,20,22-24,26,29-30,33,43H,5-6,11-19,21H2,1-4H3,(H,38,44);2-3,7-8,15,20-21,35H,4-6,9-14,16-19,28-30H2,1H3/b;23-15-. The van der Waals surface area contributed by atoms with E-state index in [1.165, 1.54) is 51.7 Å². The fraction of sp³-hybridized carbons (Fsp3) is 0.619. The number of phenolic OH excluding ortho intramolecular Hbond substituents is 1. The molecule has 446 valence electrons. The van der Waals surface area contributed by atoms with E-state index in [1.54, 1.807) is 34.4 Å². The number of aliphatic hydroxyl groups excluding tert-OH is 1. The average Bonchev–Trinajstić information content (AvgIpc) is 4.34. The van der Waals surface area contributed by atoms with Crippen LogP contribution in [-0.2, 0) is 9.59 Å². The number of anilines is 1. The number of allylic oxidation sites excluding steroid dienone is 1. The van der Waals surface area contributed by atoms with Crippen LogP contribution in [-0.4, -0.2) is 184 Å². The normalized spacial score (nSPS) is 22.8. The third kappa shape index (κ3) is 13.8. The molecular formula is C63H93N13O5S. The zero-order chi connectivity index (χ0) is 57.7. The summed E-state index contributed by atoms with van der Waals surface area (Å²) in [6.07, 6.45) is 14.0. The van der Waals surface area contributed by atoms with Gasteiger partial charge in [0.25, 0.3) is 0 Å². The number of phenols is 1. The van der Waals surface area contributed by atoms with Gasteiger partial charge in [0.1, 0.15) is 23.5 Å². The van der Waals surface area contributed by atoms with Crippen LogP contribution in [0, 0.1) is 24.7 Å². The van der Waals surface area contributed by atoms with Gasteiger partial charge in [0, 0.05) is 102 Å². The van der Waals surface area contributed by atoms with Gasteiger partial charge in [0.15, 0.2) is 11.6 Å². The fourth-order valence-electron chi connectivity index (χ4n) is 13.9. The van der Waals surface area contributed by atoms with Crippen molar-refractivity contribution in [1.82, 2.24) is 44.9 Å². The fourth-order valence-corrected chi connectivity index (χ4v) is 14.8. The molecule has 18 nitrogen and oxygen atoms in total. The third-order valence-electron chi connectivity index (χ3n) is 19.3. The second-order valence-electron chi connectivity index (χ2n) is 25.3. The number of thiazole rings is 1. The molecule has 9 N–H and O–H groups in total. The highest BCUT2D eigenvalue weighted by Gasteiger charge is 2.50. The maximum atomic E-state index is 14.1. The number of aryl methyl sites for hydroxylation is 1. The molecule has 11 rings (SSSR count). The lowest BCUT2D eigenvalue weighted by Crippen LogP contribution is -2.76. The first-order valence-corrected chi connectivity index (χ1v) is 31.6. The number of nitrogens with zero attached hydrogens (tertiary/aromatic N) is 9. The molecule has 3 unspecified atom stereocenters. The highest BCUT2D eigenvalue weighted by molar-refractivity contribution is 7.13. The Bertz CT molecular complexity index is 2820. The number of benzene rings is 2. The van der Waals surface area contributed by atoms with Crippen LogP contribution in [0.4, 0.5) is 5.82 Å². The topological polar surface area (TPSA) is 226 Å². The van der Waals surface area contributed by atoms with E-state index in [0.717, 1.165) is 143 Å². The van der Waals surface area contributed by atoms with Crippen LogP contribution < -0.4 is 27.4 Å². The summed E-state index contributed by atoms with van der Waals surface area (Å²) in [4.78, 5) is 49.9. The number of piperazine rings is 1. The Kier molecular flexibility index (Phi) is 19.2. The predicted molar refractivity (Wildman–Crippen MR) is 325 cm³/mol. The van der Waals surface area contributed by atoms with E-state index in [-0.39, 0.29) is 47.0 Å². The molecule has 1 saturated carbocycles. The maximum absolute atomic E-state index is 14.1. The minimum absolute atomic E-state index is 0.0129. The van der Waals surface area contributed by atoms with Crippen LogP contribution in [0.25, 0.3) is 16.1 Å². The zero-order valence-corrected chi connectivity index (χ0v) is 50.2. The number of nitrogens with two attached hydrogens (primary N) is 3. The molecule has 19 heteroatoms. The lowest BCUT2D eigenvalue weighted by molar-refractivity contribution is -0.141. The second kappa shape index (κ2) is 26.5. The smallest absolute Gasteiger partial charge is 0.243 e. The van der Waals surface area contributed by atoms with Crippen molar-refractivity contribution in [2.45, 2.75) is 134 Å². The van der Waals surface area contributed by atoms with Gasteiger partial charge < -0.3 is 61.8 Å². The largest absolute Gasteiger partial charge is 0.507 e. The summed E-state index contributed by atoms with van der Waals surface area (Å²) in [5.74, 6) is 2.55. The van der Waals surface area contributed by atoms with Crippen molar-refractivity contribution >= 4 is 34.7 Å². The number of para-hydroxylation sites is 1. The molecule has 1 aliphatic carbocycles. The second-order valence-corrected chi connectivity index (χ2v) is 26.2. The lowest BCUT2D eigenvalue weighted by atomic mass is 9.83. The van der Waals surface area contributed by atoms with E-state index in [4.69, 9.17) is 21.7 Å². The number of aromatic hydroxyl groups is 1. The summed E-state index contributed by atoms with van der Waals surface area (Å²) < 4.78 is 5.87. The third-order valence-corrected chi connectivity index (χ3v) is 20.3. The molecule has 2 aromatic heterocycles. The van der Waals surface area contributed by atoms with Gasteiger partial charge in [0.05, 0.1) is 39.5 Å². The van der Waals surface area contributed by atoms with E-state index < -0.39 is 12.0 Å². The van der Waals surface area contributed by atoms with Crippen molar-refractivity contribution in [2.75, 3.05) is 104 Å². The number of aromatic nitrogens is 2. The molecule has 0 radical (unpaired) electrons. The Hall–Kier alpha value is -5.70. The Labute approximate surface area is 490 Å². The summed E-state index contributed by atoms with van der Waals surface area (Å²) in [7, 11) is 2.24. The number of hydrogen-bond donors (Lipinski definition) is 6. The number of likely N-dealkylation sites (tertiary alicyclic amines) is 4. The van der Waals surface area contributed by atoms with Crippen LogP contribution in [0.2, 0.25) is 0 Å². The van der Waals surface area contributed by atoms with Crippen molar-refractivity contribution in [2.24, 2.45) is 35.0 Å². The summed E-state index contributed by atoms with van der Waals surface area (Å²) in [6, 6.07) is 17.5. The van der Waals surface area contributed by atoms with E-state index >= 15 is 0 Å². The number of carbonyl (C=O) groups excluding carboxylic acids is 2. The molecule has 7 aliphatic rings. The Morgan fingerprint density at radius 2 is 1.50 bits per heavy atom. The highest BCUT2D eigenvalue weighted by atomic mass is 32.1. The van der Waals surface area contributed by atoms with Gasteiger partial charge >= 0.3 is 0 Å². The Morgan fingerprint density at radius 1 is 0.817 bits per heavy atom. The number of amides is 2. The molecule has 3 atom stereocenters. The van der Waals surface area contributed by atoms with Crippen molar-refractivity contribution in [3.05, 3.63) is 100 Å². The Balaban J connectivity index is 0.000000192. The van der Waals surface area contributed by atoms with E-state index in [0.29, 0.717) is 35.9 Å². The maximum Gasteiger partial charge on any atom is 0.243 e. The van der Waals surface area contributed by atoms with Gasteiger partial charge in [-0.3, -0.25) is 19.4 Å². The average molecular weight is 1140 g/mol. The minimum Gasteiger partial charge on any atom is -0.507 e. The monoisotopic (exact) mass is 1140 g/mol. The molecule has 2 aromatic carbocycles. The molecule has 82 heavy (non-hydrogen) atoms. The van der Waals surface area contributed by atoms with Crippen LogP contribution in [0.1, 0.15) is 126 Å². The first-order valence-electron chi connectivity index (χ1n) is 30.7. The number of hydrogen-bond acceptors (Lipinski definition) is 17. The molecule has 8 heterocycles. The molecule has 2 amide bonds. The van der Waals surface area contributed by atoms with Gasteiger partial charge in [-0.1, -0.05) is 61.8 Å². The first-order chi connectivity index (χ1) is 39.5. The van der Waals surface area contributed by atoms with Crippen LogP contribution in [0.15, 0.2) is 82.2 Å². The van der Waals surface area contributed by atoms with E-state index in [1.807, 2.05) is 51.4 Å². The zero-order valence-electron chi connectivity index (χ0n) is 49.4. The summed E-state index contributed by atoms with van der Waals surface area (Å²) in [5.41, 5.74) is 25.6. The van der Waals surface area contributed by atoms with Crippen molar-refractivity contribution in [1.29, 1.82) is 0 Å². The number of carbonyl (C=O) groups is 2. The van der Waals surface area contributed by atoms with Crippen LogP contribution in [0.5, 0.6) is 5.75 Å². The summed E-state index contributed by atoms with van der Waals surface area (Å²) in [5, 5.41) is 27.6. The minimum atomic E-state index is -0.505. The Morgan fingerprint density at radius 3 is 2.13 bits per heavy atom. The van der Waals surface area contributed by atoms with Gasteiger partial charge in [-0.25, -0.2) is 4.98 Å². The lowest BCUT2D eigenvalue weighted by Gasteiger charge is -2.60. The molecule has 6 aliphatic heterocycles. The van der Waals surface area contributed by atoms with Crippen molar-refractivity contribution in [3.8, 4) is 16.2 Å². The van der Waals surface area contributed by atoms with Crippen LogP contribution >= 0.6 is 11.3 Å². The van der Waals surface area contributed by atoms with Gasteiger partial charge in [-0.15, -0.1) is 11.3 Å². The number of aliphatic hydroxyl groups is 1. The first kappa shape index (κ1) is 59.5. The van der Waals surface area contributed by atoms with Gasteiger partial charge in [0.2, 0.25) is 11.8 Å². The number of piperidine rings is 3. The van der Waals surface area contributed by atoms with Crippen molar-refractivity contribution < 1.29 is 24.3 Å². The van der Waals surface area contributed by atoms with Gasteiger partial charge in [-0.2, -0.15) is 0 Å². The molecule has 4 aromatic rings. The quantitative estimate of drug-likeness (QED) is 0.0640. The molecule has 6 saturated heterocycles. The number of nitrogens with one attached hydrogen (secondary N) is 1. The highest BCUT2D eigenvalue weighted by Crippen LogP contribution is 2.38. The predicted octanol–water partition coefficient (Wildman–Crippen LogP) is 6.73. The van der Waals surface area contributed by atoms with Crippen LogP contribution in [0.3, 0.4) is 0 Å². The molecule has 0 bridgehead atoms. The SMILES string of the molecule is CN1CCN(C(/C=C(\N)c2ccccc2O)=C(N)N)CC12CN(CC1CCN(C3CCC3)CC1)C2.Cc1ncsc1-c1ccc(C(C)NC(=O)C2CCCN2C(=O)C(c2cc(N3CCC(CN4CCC(O)CC4)CC3)no2)C(C)C)cc1. The number of likely N-dealkylation sites (N-methyl/N-ethyl adjacent to an activating group) is 1. The van der Waals surface area contributed by atoms with Gasteiger partial charge in [-0.05, 0) is 145 Å². The summed E-state index contributed by atoms with van der Waals surface area (Å²) >= 11 is 1.62. The molecule has 7 fully saturated rings. The van der Waals surface area contributed by atoms with Crippen molar-refractivity contribution in [3.63, 3.8) is 0 Å². The van der Waals surface area contributed by atoms with E-state index in [2.05, 4.69) is 76.2 Å². The molecular weight excluding hydrogens is 1050 g/mol. The molecule has 1 spiro atoms.